The molecule has 5 heteroatoms. The third-order valence-corrected chi connectivity index (χ3v) is 5.60. The molecular formula is C21H26N2O2S. The Hall–Kier alpha value is -2.14. The summed E-state index contributed by atoms with van der Waals surface area (Å²) in [5.74, 6) is -0.0409. The number of carbonyl (C=O) groups is 2. The molecule has 2 heterocycles. The van der Waals surface area contributed by atoms with Gasteiger partial charge in [0.25, 0.3) is 0 Å². The third kappa shape index (κ3) is 4.15. The minimum atomic E-state index is -0.413. The molecule has 1 aliphatic rings. The van der Waals surface area contributed by atoms with Crippen LogP contribution in [0.3, 0.4) is 0 Å². The van der Waals surface area contributed by atoms with Crippen molar-refractivity contribution in [3.05, 3.63) is 41.8 Å². The van der Waals surface area contributed by atoms with Crippen LogP contribution in [0.25, 0.3) is 10.4 Å². The highest BCUT2D eigenvalue weighted by molar-refractivity contribution is 7.13. The number of nitrogens with one attached hydrogen (secondary N) is 1. The number of anilines is 1. The van der Waals surface area contributed by atoms with Gasteiger partial charge in [0.2, 0.25) is 11.8 Å². The van der Waals surface area contributed by atoms with Crippen molar-refractivity contribution in [3.8, 4) is 10.4 Å². The summed E-state index contributed by atoms with van der Waals surface area (Å²) in [5, 5.41) is 5.13. The molecule has 1 fully saturated rings. The van der Waals surface area contributed by atoms with Crippen molar-refractivity contribution in [1.82, 2.24) is 4.90 Å². The van der Waals surface area contributed by atoms with Crippen molar-refractivity contribution < 1.29 is 9.59 Å². The quantitative estimate of drug-likeness (QED) is 0.856. The summed E-state index contributed by atoms with van der Waals surface area (Å²) in [6.07, 6.45) is 1.69. The van der Waals surface area contributed by atoms with Crippen LogP contribution in [0.4, 0.5) is 5.69 Å². The molecule has 0 spiro atoms. The molecule has 3 rings (SSSR count). The number of piperidine rings is 1. The van der Waals surface area contributed by atoms with E-state index in [1.165, 1.54) is 0 Å². The van der Waals surface area contributed by atoms with Gasteiger partial charge in [-0.1, -0.05) is 45.0 Å². The summed E-state index contributed by atoms with van der Waals surface area (Å²) in [6, 6.07) is 11.9. The maximum absolute atomic E-state index is 12.9. The average molecular weight is 371 g/mol. The molecule has 1 saturated heterocycles. The van der Waals surface area contributed by atoms with Crippen molar-refractivity contribution in [1.29, 1.82) is 0 Å². The lowest BCUT2D eigenvalue weighted by atomic mass is 9.91. The molecule has 0 saturated carbocycles. The number of hydrogen-bond acceptors (Lipinski definition) is 3. The Bertz CT molecular complexity index is 778. The summed E-state index contributed by atoms with van der Waals surface area (Å²) in [7, 11) is 0. The minimum Gasteiger partial charge on any atom is -0.341 e. The van der Waals surface area contributed by atoms with Crippen molar-refractivity contribution in [3.63, 3.8) is 0 Å². The van der Waals surface area contributed by atoms with Gasteiger partial charge in [-0.25, -0.2) is 0 Å². The van der Waals surface area contributed by atoms with Gasteiger partial charge in [-0.05, 0) is 30.4 Å². The zero-order valence-corrected chi connectivity index (χ0v) is 16.4. The van der Waals surface area contributed by atoms with Crippen molar-refractivity contribution in [2.24, 2.45) is 11.3 Å². The summed E-state index contributed by atoms with van der Waals surface area (Å²) in [6.45, 7) is 7.03. The van der Waals surface area contributed by atoms with Crippen LogP contribution in [0.15, 0.2) is 41.8 Å². The smallest absolute Gasteiger partial charge is 0.229 e. The summed E-state index contributed by atoms with van der Waals surface area (Å²) in [5.41, 5.74) is 1.46. The van der Waals surface area contributed by atoms with E-state index in [9.17, 15) is 9.59 Å². The third-order valence-electron chi connectivity index (χ3n) is 4.69. The van der Waals surface area contributed by atoms with Crippen LogP contribution in [0.2, 0.25) is 0 Å². The van der Waals surface area contributed by atoms with Gasteiger partial charge < -0.3 is 10.2 Å². The van der Waals surface area contributed by atoms with Crippen molar-refractivity contribution in [2.75, 3.05) is 18.4 Å². The molecule has 2 aromatic rings. The van der Waals surface area contributed by atoms with Crippen LogP contribution >= 0.6 is 11.3 Å². The molecule has 1 unspecified atom stereocenters. The minimum absolute atomic E-state index is 0.000385. The van der Waals surface area contributed by atoms with Crippen molar-refractivity contribution >= 4 is 28.8 Å². The van der Waals surface area contributed by atoms with Crippen LogP contribution < -0.4 is 5.32 Å². The Morgan fingerprint density at radius 3 is 2.62 bits per heavy atom. The lowest BCUT2D eigenvalue weighted by molar-refractivity contribution is -0.142. The number of benzene rings is 1. The van der Waals surface area contributed by atoms with Gasteiger partial charge in [-0.3, -0.25) is 9.59 Å². The molecule has 1 aromatic carbocycles. The van der Waals surface area contributed by atoms with Crippen LogP contribution in [-0.2, 0) is 9.59 Å². The molecule has 1 atom stereocenters. The van der Waals surface area contributed by atoms with E-state index in [4.69, 9.17) is 0 Å². The fraction of sp³-hybridized carbons (Fsp3) is 0.429. The molecular weight excluding hydrogens is 344 g/mol. The monoisotopic (exact) mass is 370 g/mol. The van der Waals surface area contributed by atoms with E-state index in [-0.39, 0.29) is 17.7 Å². The molecule has 2 amide bonds. The lowest BCUT2D eigenvalue weighted by Gasteiger charge is -2.36. The Morgan fingerprint density at radius 1 is 1.15 bits per heavy atom. The summed E-state index contributed by atoms with van der Waals surface area (Å²) >= 11 is 1.66. The first-order valence-corrected chi connectivity index (χ1v) is 9.97. The Morgan fingerprint density at radius 2 is 1.92 bits per heavy atom. The number of thiophene rings is 1. The van der Waals surface area contributed by atoms with Gasteiger partial charge >= 0.3 is 0 Å². The van der Waals surface area contributed by atoms with E-state index >= 15 is 0 Å². The molecule has 138 valence electrons. The molecule has 0 aliphatic carbocycles. The topological polar surface area (TPSA) is 49.4 Å². The zero-order chi connectivity index (χ0) is 18.7. The van der Waals surface area contributed by atoms with Gasteiger partial charge in [0, 0.05) is 34.6 Å². The predicted molar refractivity (Wildman–Crippen MR) is 107 cm³/mol. The average Bonchev–Trinajstić information content (AvgIpc) is 3.15. The SMILES string of the molecule is CC(C)(C)C(=O)N1CCCC(C(=O)Nc2ccccc2-c2cccs2)C1. The molecule has 0 bridgehead atoms. The number of rotatable bonds is 3. The molecule has 1 aliphatic heterocycles. The zero-order valence-electron chi connectivity index (χ0n) is 15.6. The lowest BCUT2D eigenvalue weighted by Crippen LogP contribution is -2.47. The number of carbonyl (C=O) groups excluding carboxylic acids is 2. The molecule has 1 aromatic heterocycles. The van der Waals surface area contributed by atoms with E-state index < -0.39 is 5.41 Å². The van der Waals surface area contributed by atoms with E-state index in [2.05, 4.69) is 11.4 Å². The van der Waals surface area contributed by atoms with E-state index in [0.717, 1.165) is 35.5 Å². The number of amides is 2. The number of para-hydroxylation sites is 1. The molecule has 1 N–H and O–H groups in total. The fourth-order valence-corrected chi connectivity index (χ4v) is 4.09. The first-order chi connectivity index (χ1) is 12.4. The van der Waals surface area contributed by atoms with Crippen LogP contribution in [0, 0.1) is 11.3 Å². The highest BCUT2D eigenvalue weighted by atomic mass is 32.1. The van der Waals surface area contributed by atoms with Crippen LogP contribution in [-0.4, -0.2) is 29.8 Å². The highest BCUT2D eigenvalue weighted by Gasteiger charge is 2.33. The first-order valence-electron chi connectivity index (χ1n) is 9.09. The van der Waals surface area contributed by atoms with Crippen LogP contribution in [0.1, 0.15) is 33.6 Å². The maximum Gasteiger partial charge on any atom is 0.229 e. The van der Waals surface area contributed by atoms with E-state index in [1.54, 1.807) is 11.3 Å². The fourth-order valence-electron chi connectivity index (χ4n) is 3.32. The Kier molecular flexibility index (Phi) is 5.47. The van der Waals surface area contributed by atoms with Crippen molar-refractivity contribution in [2.45, 2.75) is 33.6 Å². The number of nitrogens with zero attached hydrogens (tertiary/aromatic N) is 1. The summed E-state index contributed by atoms with van der Waals surface area (Å²) in [4.78, 5) is 28.4. The second-order valence-electron chi connectivity index (χ2n) is 7.85. The summed E-state index contributed by atoms with van der Waals surface area (Å²) < 4.78 is 0. The maximum atomic E-state index is 12.9. The van der Waals surface area contributed by atoms with E-state index in [1.807, 2.05) is 61.4 Å². The Balaban J connectivity index is 1.72. The number of hydrogen-bond donors (Lipinski definition) is 1. The standard InChI is InChI=1S/C21H26N2O2S/c1-21(2,3)20(25)23-12-6-8-15(14-23)19(24)22-17-10-5-4-9-16(17)18-11-7-13-26-18/h4-5,7,9-11,13,15H,6,8,12,14H2,1-3H3,(H,22,24). The molecule has 26 heavy (non-hydrogen) atoms. The van der Waals surface area contributed by atoms with E-state index in [0.29, 0.717) is 6.54 Å². The Labute approximate surface area is 159 Å². The second-order valence-corrected chi connectivity index (χ2v) is 8.80. The largest absolute Gasteiger partial charge is 0.341 e. The van der Waals surface area contributed by atoms with Crippen LogP contribution in [0.5, 0.6) is 0 Å². The molecule has 4 nitrogen and oxygen atoms in total. The van der Waals surface area contributed by atoms with Gasteiger partial charge in [0.15, 0.2) is 0 Å². The number of likely N-dealkylation sites (tertiary alicyclic amines) is 1. The van der Waals surface area contributed by atoms with Gasteiger partial charge in [0.1, 0.15) is 0 Å². The van der Waals surface area contributed by atoms with Gasteiger partial charge in [-0.15, -0.1) is 11.3 Å². The first kappa shape index (κ1) is 18.6. The second kappa shape index (κ2) is 7.62. The normalized spacial score (nSPS) is 17.8. The highest BCUT2D eigenvalue weighted by Crippen LogP contribution is 2.32. The van der Waals surface area contributed by atoms with Gasteiger partial charge in [0.05, 0.1) is 5.92 Å². The molecule has 0 radical (unpaired) electrons. The predicted octanol–water partition coefficient (Wildman–Crippen LogP) is 4.64. The van der Waals surface area contributed by atoms with Gasteiger partial charge in [-0.2, -0.15) is 0 Å².